The van der Waals surface area contributed by atoms with Crippen LogP contribution in [0.3, 0.4) is 0 Å². The van der Waals surface area contributed by atoms with Gasteiger partial charge < -0.3 is 14.9 Å². The van der Waals surface area contributed by atoms with Gasteiger partial charge in [-0.25, -0.2) is 8.42 Å². The van der Waals surface area contributed by atoms with Gasteiger partial charge in [0.15, 0.2) is 5.76 Å². The number of amides is 1. The Balaban J connectivity index is 1.54. The van der Waals surface area contributed by atoms with Gasteiger partial charge in [0.25, 0.3) is 0 Å². The van der Waals surface area contributed by atoms with Crippen molar-refractivity contribution in [3.05, 3.63) is 47.3 Å². The third-order valence-corrected chi connectivity index (χ3v) is 7.19. The summed E-state index contributed by atoms with van der Waals surface area (Å²) in [5.74, 6) is -0.171. The second-order valence-corrected chi connectivity index (χ2v) is 8.88. The molecule has 0 saturated carbocycles. The van der Waals surface area contributed by atoms with Gasteiger partial charge in [0.2, 0.25) is 15.9 Å². The Hall–Kier alpha value is -2.23. The summed E-state index contributed by atoms with van der Waals surface area (Å²) in [5, 5.41) is 16.6. The van der Waals surface area contributed by atoms with E-state index in [0.717, 1.165) is 5.56 Å². The van der Waals surface area contributed by atoms with Crippen molar-refractivity contribution in [2.45, 2.75) is 37.7 Å². The smallest absolute Gasteiger partial charge is 0.248 e. The summed E-state index contributed by atoms with van der Waals surface area (Å²) in [6.07, 6.45) is 0.0799. The molecule has 2 heterocycles. The molecule has 1 fully saturated rings. The fourth-order valence-corrected chi connectivity index (χ4v) is 5.23. The number of carbonyl (C=O) groups excluding carboxylic acids is 1. The Morgan fingerprint density at radius 2 is 1.93 bits per heavy atom. The predicted molar refractivity (Wildman–Crippen MR) is 102 cm³/mol. The molecule has 2 N–H and O–H groups in total. The summed E-state index contributed by atoms with van der Waals surface area (Å²) in [6.45, 7) is 3.81. The van der Waals surface area contributed by atoms with E-state index in [-0.39, 0.29) is 42.1 Å². The number of aliphatic hydroxyl groups is 1. The van der Waals surface area contributed by atoms with Crippen molar-refractivity contribution >= 4 is 15.9 Å². The summed E-state index contributed by atoms with van der Waals surface area (Å²) in [4.78, 5) is 12.5. The van der Waals surface area contributed by atoms with Crippen LogP contribution < -0.4 is 5.32 Å². The molecule has 0 bridgehead atoms. The number of hydrogen-bond donors (Lipinski definition) is 2. The molecule has 1 aliphatic heterocycles. The lowest BCUT2D eigenvalue weighted by atomic mass is 9.97. The Morgan fingerprint density at radius 1 is 1.29 bits per heavy atom. The highest BCUT2D eigenvalue weighted by atomic mass is 32.2. The van der Waals surface area contributed by atoms with E-state index in [1.807, 2.05) is 18.2 Å². The fourth-order valence-electron chi connectivity index (χ4n) is 3.46. The minimum absolute atomic E-state index is 0.112. The van der Waals surface area contributed by atoms with Crippen LogP contribution in [0.15, 0.2) is 39.8 Å². The number of hydrogen-bond acceptors (Lipinski definition) is 6. The topological polar surface area (TPSA) is 113 Å². The second-order valence-electron chi connectivity index (χ2n) is 7.00. The summed E-state index contributed by atoms with van der Waals surface area (Å²) in [6, 6.07) is 9.12. The van der Waals surface area contributed by atoms with Crippen molar-refractivity contribution in [2.75, 3.05) is 19.6 Å². The molecule has 28 heavy (non-hydrogen) atoms. The van der Waals surface area contributed by atoms with Gasteiger partial charge in [-0.15, -0.1) is 0 Å². The first-order chi connectivity index (χ1) is 13.3. The number of rotatable bonds is 6. The summed E-state index contributed by atoms with van der Waals surface area (Å²) >= 11 is 0. The summed E-state index contributed by atoms with van der Waals surface area (Å²) < 4.78 is 32.0. The van der Waals surface area contributed by atoms with Crippen LogP contribution in [0.25, 0.3) is 0 Å². The first-order valence-corrected chi connectivity index (χ1v) is 10.7. The van der Waals surface area contributed by atoms with Gasteiger partial charge >= 0.3 is 0 Å². The Kier molecular flexibility index (Phi) is 6.17. The Morgan fingerprint density at radius 3 is 2.50 bits per heavy atom. The lowest BCUT2D eigenvalue weighted by Gasteiger charge is -2.30. The number of nitrogens with zero attached hydrogens (tertiary/aromatic N) is 2. The number of aliphatic hydroxyl groups excluding tert-OH is 1. The molecule has 1 atom stereocenters. The summed E-state index contributed by atoms with van der Waals surface area (Å²) in [5.41, 5.74) is 1.08. The fraction of sp³-hybridized carbons (Fsp3) is 0.474. The Labute approximate surface area is 164 Å². The van der Waals surface area contributed by atoms with E-state index in [4.69, 9.17) is 4.52 Å². The van der Waals surface area contributed by atoms with Gasteiger partial charge in [-0.1, -0.05) is 35.5 Å². The zero-order chi connectivity index (χ0) is 20.3. The average molecular weight is 407 g/mol. The molecule has 1 amide bonds. The Bertz CT molecular complexity index is 899. The SMILES string of the molecule is Cc1noc(C)c1S(=O)(=O)N1CCC(C(=O)NCC(O)c2ccccc2)CC1. The van der Waals surface area contributed by atoms with Gasteiger partial charge in [-0.05, 0) is 32.3 Å². The van der Waals surface area contributed by atoms with Crippen LogP contribution in [0, 0.1) is 19.8 Å². The van der Waals surface area contributed by atoms with Crippen LogP contribution in [-0.4, -0.2) is 48.5 Å². The molecule has 152 valence electrons. The first-order valence-electron chi connectivity index (χ1n) is 9.24. The molecule has 0 spiro atoms. The van der Waals surface area contributed by atoms with Crippen LogP contribution in [0.2, 0.25) is 0 Å². The zero-order valence-corrected chi connectivity index (χ0v) is 16.8. The second kappa shape index (κ2) is 8.42. The maximum atomic E-state index is 12.8. The normalized spacial score (nSPS) is 17.4. The van der Waals surface area contributed by atoms with Crippen LogP contribution in [0.4, 0.5) is 0 Å². The van der Waals surface area contributed by atoms with Crippen molar-refractivity contribution in [3.63, 3.8) is 0 Å². The number of benzene rings is 1. The van der Waals surface area contributed by atoms with Crippen LogP contribution >= 0.6 is 0 Å². The molecular formula is C19H25N3O5S. The number of carbonyl (C=O) groups is 1. The quantitative estimate of drug-likeness (QED) is 0.751. The van der Waals surface area contributed by atoms with Crippen molar-refractivity contribution in [2.24, 2.45) is 5.92 Å². The van der Waals surface area contributed by atoms with Gasteiger partial charge in [0.1, 0.15) is 10.6 Å². The van der Waals surface area contributed by atoms with E-state index in [0.29, 0.717) is 18.5 Å². The van der Waals surface area contributed by atoms with E-state index >= 15 is 0 Å². The molecule has 9 heteroatoms. The number of nitrogens with one attached hydrogen (secondary N) is 1. The van der Waals surface area contributed by atoms with Crippen LogP contribution in [0.5, 0.6) is 0 Å². The number of piperidine rings is 1. The monoisotopic (exact) mass is 407 g/mol. The first kappa shape index (κ1) is 20.5. The maximum absolute atomic E-state index is 12.8. The third-order valence-electron chi connectivity index (χ3n) is 5.04. The molecule has 1 aromatic heterocycles. The standard InChI is InChI=1S/C19H25N3O5S/c1-13-18(14(2)27-21-13)28(25,26)22-10-8-16(9-11-22)19(24)20-12-17(23)15-6-4-3-5-7-15/h3-7,16-17,23H,8-12H2,1-2H3,(H,20,24). The van der Waals surface area contributed by atoms with E-state index in [1.54, 1.807) is 26.0 Å². The van der Waals surface area contributed by atoms with Crippen LogP contribution in [-0.2, 0) is 14.8 Å². The van der Waals surface area contributed by atoms with Gasteiger partial charge in [-0.2, -0.15) is 4.31 Å². The number of aromatic nitrogens is 1. The maximum Gasteiger partial charge on any atom is 0.248 e. The molecule has 3 rings (SSSR count). The predicted octanol–water partition coefficient (Wildman–Crippen LogP) is 1.54. The molecule has 2 aromatic rings. The molecule has 0 radical (unpaired) electrons. The molecular weight excluding hydrogens is 382 g/mol. The molecule has 1 saturated heterocycles. The van der Waals surface area contributed by atoms with E-state index in [1.165, 1.54) is 4.31 Å². The van der Waals surface area contributed by atoms with Gasteiger partial charge in [-0.3, -0.25) is 4.79 Å². The summed E-state index contributed by atoms with van der Waals surface area (Å²) in [7, 11) is -3.69. The van der Waals surface area contributed by atoms with E-state index in [2.05, 4.69) is 10.5 Å². The lowest BCUT2D eigenvalue weighted by molar-refractivity contribution is -0.126. The van der Waals surface area contributed by atoms with Crippen molar-refractivity contribution in [1.82, 2.24) is 14.8 Å². The molecule has 0 aliphatic carbocycles. The van der Waals surface area contributed by atoms with Gasteiger partial charge in [0, 0.05) is 25.6 Å². The highest BCUT2D eigenvalue weighted by molar-refractivity contribution is 7.89. The molecule has 8 nitrogen and oxygen atoms in total. The average Bonchev–Trinajstić information content (AvgIpc) is 3.05. The number of aryl methyl sites for hydroxylation is 2. The van der Waals surface area contributed by atoms with E-state index < -0.39 is 16.1 Å². The van der Waals surface area contributed by atoms with Crippen molar-refractivity contribution in [3.8, 4) is 0 Å². The van der Waals surface area contributed by atoms with Crippen molar-refractivity contribution in [1.29, 1.82) is 0 Å². The molecule has 1 aromatic carbocycles. The van der Waals surface area contributed by atoms with Gasteiger partial charge in [0.05, 0.1) is 6.10 Å². The minimum Gasteiger partial charge on any atom is -0.387 e. The van der Waals surface area contributed by atoms with Crippen LogP contribution in [0.1, 0.15) is 36.0 Å². The highest BCUT2D eigenvalue weighted by Crippen LogP contribution is 2.27. The molecule has 1 unspecified atom stereocenters. The zero-order valence-electron chi connectivity index (χ0n) is 16.0. The van der Waals surface area contributed by atoms with Crippen molar-refractivity contribution < 1.29 is 22.8 Å². The third kappa shape index (κ3) is 4.26. The lowest BCUT2D eigenvalue weighted by Crippen LogP contribution is -2.43. The van der Waals surface area contributed by atoms with E-state index in [9.17, 15) is 18.3 Å². The largest absolute Gasteiger partial charge is 0.387 e. The molecule has 1 aliphatic rings. The highest BCUT2D eigenvalue weighted by Gasteiger charge is 2.35. The minimum atomic E-state index is -3.69. The number of sulfonamides is 1.